The number of phenolic OH excluding ortho intramolecular Hbond substituents is 1. The first kappa shape index (κ1) is 15.6. The van der Waals surface area contributed by atoms with Gasteiger partial charge in [0.05, 0.1) is 19.6 Å². The van der Waals surface area contributed by atoms with Gasteiger partial charge in [0.1, 0.15) is 5.52 Å². The molecule has 2 aromatic rings. The molecular weight excluding hydrogens is 280 g/mol. The number of methoxy groups -OCH3 is 2. The number of phenols is 1. The van der Waals surface area contributed by atoms with Crippen LogP contribution in [0.2, 0.25) is 0 Å². The summed E-state index contributed by atoms with van der Waals surface area (Å²) in [4.78, 5) is 8.84. The van der Waals surface area contributed by atoms with Crippen LogP contribution in [0.25, 0.3) is 16.5 Å². The molecule has 0 aliphatic carbocycles. The van der Waals surface area contributed by atoms with Crippen LogP contribution in [0.3, 0.4) is 0 Å². The number of benzene rings is 1. The number of aromatic hydroxyl groups is 1. The van der Waals surface area contributed by atoms with Crippen LogP contribution >= 0.6 is 0 Å². The number of hydrogen-bond donors (Lipinski definition) is 1. The molecule has 0 unspecified atom stereocenters. The van der Waals surface area contributed by atoms with Gasteiger partial charge in [-0.05, 0) is 19.1 Å². The minimum atomic E-state index is -0.0413. The van der Waals surface area contributed by atoms with Crippen molar-refractivity contribution in [2.45, 2.75) is 6.92 Å². The average Bonchev–Trinajstić information content (AvgIpc) is 2.54. The predicted octanol–water partition coefficient (Wildman–Crippen LogP) is 3.50. The molecule has 0 fully saturated rings. The lowest BCUT2D eigenvalue weighted by atomic mass is 10.1. The molecule has 0 spiro atoms. The van der Waals surface area contributed by atoms with E-state index in [1.54, 1.807) is 24.3 Å². The molecule has 1 aromatic heterocycles. The fourth-order valence-corrected chi connectivity index (χ4v) is 2.09. The third kappa shape index (κ3) is 2.79. The van der Waals surface area contributed by atoms with Crippen molar-refractivity contribution in [3.8, 4) is 17.4 Å². The normalized spacial score (nSPS) is 11.9. The summed E-state index contributed by atoms with van der Waals surface area (Å²) in [6.45, 7) is 5.59. The third-order valence-electron chi connectivity index (χ3n) is 3.08. The van der Waals surface area contributed by atoms with E-state index >= 15 is 0 Å². The Kier molecular flexibility index (Phi) is 4.78. The molecule has 5 nitrogen and oxygen atoms in total. The Morgan fingerprint density at radius 1 is 1.23 bits per heavy atom. The van der Waals surface area contributed by atoms with E-state index in [-0.39, 0.29) is 5.75 Å². The number of ether oxygens (including phenoxy) is 2. The summed E-state index contributed by atoms with van der Waals surface area (Å²) >= 11 is 0. The van der Waals surface area contributed by atoms with Gasteiger partial charge in [-0.1, -0.05) is 30.9 Å². The molecule has 2 rings (SSSR count). The standard InChI is InChI=1S/C17H18N2O3/c1-5-7-11(8-6-2)16-18-14-12(17(19-16)22-4)9-10-13(21-3)15(14)20/h5-10,20H,1H2,2-4H3/b8-6-,11-7+. The van der Waals surface area contributed by atoms with Gasteiger partial charge < -0.3 is 14.6 Å². The van der Waals surface area contributed by atoms with Gasteiger partial charge >= 0.3 is 0 Å². The van der Waals surface area contributed by atoms with Gasteiger partial charge in [0, 0.05) is 5.57 Å². The monoisotopic (exact) mass is 298 g/mol. The van der Waals surface area contributed by atoms with E-state index in [0.29, 0.717) is 28.4 Å². The van der Waals surface area contributed by atoms with Crippen molar-refractivity contribution in [2.24, 2.45) is 0 Å². The largest absolute Gasteiger partial charge is 0.503 e. The van der Waals surface area contributed by atoms with Gasteiger partial charge in [0.15, 0.2) is 17.3 Å². The fraction of sp³-hybridized carbons (Fsp3) is 0.176. The van der Waals surface area contributed by atoms with Crippen LogP contribution < -0.4 is 9.47 Å². The summed E-state index contributed by atoms with van der Waals surface area (Å²) in [5, 5.41) is 10.9. The average molecular weight is 298 g/mol. The molecule has 0 saturated carbocycles. The summed E-state index contributed by atoms with van der Waals surface area (Å²) < 4.78 is 10.4. The van der Waals surface area contributed by atoms with Crippen LogP contribution in [0.1, 0.15) is 12.7 Å². The number of allylic oxidation sites excluding steroid dienone is 5. The summed E-state index contributed by atoms with van der Waals surface area (Å²) in [6.07, 6.45) is 7.18. The second-order valence-electron chi connectivity index (χ2n) is 4.43. The Bertz CT molecular complexity index is 764. The van der Waals surface area contributed by atoms with Gasteiger partial charge in [0.2, 0.25) is 5.88 Å². The van der Waals surface area contributed by atoms with Crippen molar-refractivity contribution >= 4 is 16.5 Å². The van der Waals surface area contributed by atoms with Crippen molar-refractivity contribution in [2.75, 3.05) is 14.2 Å². The molecular formula is C17H18N2O3. The first-order valence-corrected chi connectivity index (χ1v) is 6.73. The van der Waals surface area contributed by atoms with E-state index in [1.165, 1.54) is 14.2 Å². The molecule has 1 aromatic carbocycles. The zero-order chi connectivity index (χ0) is 16.1. The first-order valence-electron chi connectivity index (χ1n) is 6.73. The van der Waals surface area contributed by atoms with E-state index in [2.05, 4.69) is 16.5 Å². The van der Waals surface area contributed by atoms with Crippen molar-refractivity contribution < 1.29 is 14.6 Å². The highest BCUT2D eigenvalue weighted by Crippen LogP contribution is 2.37. The quantitative estimate of drug-likeness (QED) is 0.856. The lowest BCUT2D eigenvalue weighted by molar-refractivity contribution is 0.375. The van der Waals surface area contributed by atoms with Crippen LogP contribution in [0.4, 0.5) is 0 Å². The number of fused-ring (bicyclic) bond motifs is 1. The van der Waals surface area contributed by atoms with Crippen LogP contribution in [-0.4, -0.2) is 29.3 Å². The van der Waals surface area contributed by atoms with Gasteiger partial charge in [-0.2, -0.15) is 4.98 Å². The van der Waals surface area contributed by atoms with Gasteiger partial charge in [0.25, 0.3) is 0 Å². The number of nitrogens with zero attached hydrogens (tertiary/aromatic N) is 2. The van der Waals surface area contributed by atoms with E-state index in [4.69, 9.17) is 9.47 Å². The predicted molar refractivity (Wildman–Crippen MR) is 87.3 cm³/mol. The number of aromatic nitrogens is 2. The Morgan fingerprint density at radius 2 is 2.00 bits per heavy atom. The fourth-order valence-electron chi connectivity index (χ4n) is 2.09. The molecule has 0 aliphatic heterocycles. The smallest absolute Gasteiger partial charge is 0.224 e. The van der Waals surface area contributed by atoms with Gasteiger partial charge in [-0.15, -0.1) is 0 Å². The highest BCUT2D eigenvalue weighted by atomic mass is 16.5. The van der Waals surface area contributed by atoms with E-state index in [9.17, 15) is 5.11 Å². The molecule has 0 aliphatic rings. The maximum Gasteiger partial charge on any atom is 0.224 e. The summed E-state index contributed by atoms with van der Waals surface area (Å²) in [5.74, 6) is 1.13. The highest BCUT2D eigenvalue weighted by Gasteiger charge is 2.15. The molecule has 22 heavy (non-hydrogen) atoms. The maximum atomic E-state index is 10.3. The number of hydrogen-bond acceptors (Lipinski definition) is 5. The highest BCUT2D eigenvalue weighted by molar-refractivity contribution is 5.91. The molecule has 0 saturated heterocycles. The van der Waals surface area contributed by atoms with E-state index in [0.717, 1.165) is 5.57 Å². The van der Waals surface area contributed by atoms with Crippen LogP contribution in [-0.2, 0) is 0 Å². The van der Waals surface area contributed by atoms with E-state index < -0.39 is 0 Å². The minimum Gasteiger partial charge on any atom is -0.503 e. The summed E-state index contributed by atoms with van der Waals surface area (Å²) in [5.41, 5.74) is 1.14. The lowest BCUT2D eigenvalue weighted by Gasteiger charge is -2.11. The van der Waals surface area contributed by atoms with Crippen molar-refractivity contribution in [1.82, 2.24) is 9.97 Å². The van der Waals surface area contributed by atoms with Crippen LogP contribution in [0.5, 0.6) is 17.4 Å². The lowest BCUT2D eigenvalue weighted by Crippen LogP contribution is -1.99. The topological polar surface area (TPSA) is 64.5 Å². The van der Waals surface area contributed by atoms with Gasteiger partial charge in [-0.25, -0.2) is 4.98 Å². The summed E-state index contributed by atoms with van der Waals surface area (Å²) in [6, 6.07) is 3.40. The molecule has 1 heterocycles. The Balaban J connectivity index is 2.79. The molecule has 0 bridgehead atoms. The van der Waals surface area contributed by atoms with Crippen molar-refractivity contribution in [1.29, 1.82) is 0 Å². The van der Waals surface area contributed by atoms with Crippen molar-refractivity contribution in [3.05, 3.63) is 48.8 Å². The Morgan fingerprint density at radius 3 is 2.59 bits per heavy atom. The minimum absolute atomic E-state index is 0.0413. The van der Waals surface area contributed by atoms with Crippen LogP contribution in [0, 0.1) is 0 Å². The molecule has 1 N–H and O–H groups in total. The van der Waals surface area contributed by atoms with Crippen LogP contribution in [0.15, 0.2) is 43.0 Å². The first-order chi connectivity index (χ1) is 10.7. The molecule has 0 radical (unpaired) electrons. The third-order valence-corrected chi connectivity index (χ3v) is 3.08. The molecule has 114 valence electrons. The zero-order valence-electron chi connectivity index (χ0n) is 12.8. The van der Waals surface area contributed by atoms with E-state index in [1.807, 2.05) is 19.1 Å². The molecule has 5 heteroatoms. The van der Waals surface area contributed by atoms with Gasteiger partial charge in [-0.3, -0.25) is 0 Å². The molecule has 0 atom stereocenters. The Hall–Kier alpha value is -2.82. The second kappa shape index (κ2) is 6.76. The summed E-state index contributed by atoms with van der Waals surface area (Å²) in [7, 11) is 3.02. The SMILES string of the molecule is C=C/C=C(\C=C/C)c1nc(OC)c2ccc(OC)c(O)c2n1. The Labute approximate surface area is 129 Å². The second-order valence-corrected chi connectivity index (χ2v) is 4.43. The zero-order valence-corrected chi connectivity index (χ0v) is 12.8. The maximum absolute atomic E-state index is 10.3. The number of rotatable bonds is 5. The molecule has 0 amide bonds. The van der Waals surface area contributed by atoms with Crippen molar-refractivity contribution in [3.63, 3.8) is 0 Å².